The molecule has 3 aromatic carbocycles. The lowest BCUT2D eigenvalue weighted by molar-refractivity contribution is -0.127. The third-order valence-corrected chi connectivity index (χ3v) is 4.28. The molecule has 0 unspecified atom stereocenters. The van der Waals surface area contributed by atoms with Crippen LogP contribution in [-0.2, 0) is 4.79 Å². The zero-order chi connectivity index (χ0) is 21.2. The van der Waals surface area contributed by atoms with Crippen LogP contribution in [0.4, 0.5) is 0 Å². The molecule has 0 saturated carbocycles. The van der Waals surface area contributed by atoms with Gasteiger partial charge in [0.05, 0.1) is 6.21 Å². The van der Waals surface area contributed by atoms with Crippen molar-refractivity contribution in [3.63, 3.8) is 0 Å². The maximum Gasteiger partial charge on any atom is 0.280 e. The van der Waals surface area contributed by atoms with Gasteiger partial charge in [-0.1, -0.05) is 55.1 Å². The maximum atomic E-state index is 12.2. The molecule has 5 heteroatoms. The molecule has 30 heavy (non-hydrogen) atoms. The molecule has 0 spiro atoms. The van der Waals surface area contributed by atoms with E-state index in [0.29, 0.717) is 12.4 Å². The summed E-state index contributed by atoms with van der Waals surface area (Å²) in [5, 5.41) is 3.99. The van der Waals surface area contributed by atoms with Gasteiger partial charge in [-0.3, -0.25) is 4.79 Å². The maximum absolute atomic E-state index is 12.2. The SMILES string of the molecule is C=CCOc1ccc(/C=N\NC(=O)[C@@H](C)Oc2ccc(-c3ccccc3)cc2)cc1. The summed E-state index contributed by atoms with van der Waals surface area (Å²) in [5.41, 5.74) is 5.56. The van der Waals surface area contributed by atoms with Gasteiger partial charge in [0.1, 0.15) is 18.1 Å². The Morgan fingerprint density at radius 3 is 2.27 bits per heavy atom. The summed E-state index contributed by atoms with van der Waals surface area (Å²) < 4.78 is 11.1. The molecule has 3 aromatic rings. The molecule has 0 aliphatic carbocycles. The average molecular weight is 400 g/mol. The van der Waals surface area contributed by atoms with Gasteiger partial charge >= 0.3 is 0 Å². The van der Waals surface area contributed by atoms with Gasteiger partial charge in [-0.2, -0.15) is 5.10 Å². The first kappa shape index (κ1) is 20.9. The fourth-order valence-corrected chi connectivity index (χ4v) is 2.68. The first-order valence-corrected chi connectivity index (χ1v) is 9.64. The summed E-state index contributed by atoms with van der Waals surface area (Å²) in [4.78, 5) is 12.2. The molecule has 0 saturated heterocycles. The van der Waals surface area contributed by atoms with Crippen LogP contribution in [0.15, 0.2) is 96.6 Å². The molecule has 0 aliphatic heterocycles. The summed E-state index contributed by atoms with van der Waals surface area (Å²) in [6.45, 7) is 5.75. The normalized spacial score (nSPS) is 11.6. The van der Waals surface area contributed by atoms with Gasteiger partial charge in [0.2, 0.25) is 0 Å². The fraction of sp³-hybridized carbons (Fsp3) is 0.120. The van der Waals surface area contributed by atoms with E-state index >= 15 is 0 Å². The minimum atomic E-state index is -0.681. The Hall–Kier alpha value is -3.86. The number of nitrogens with zero attached hydrogens (tertiary/aromatic N) is 1. The lowest BCUT2D eigenvalue weighted by atomic mass is 10.1. The number of ether oxygens (including phenoxy) is 2. The lowest BCUT2D eigenvalue weighted by Gasteiger charge is -2.13. The number of benzene rings is 3. The van der Waals surface area contributed by atoms with Gasteiger partial charge in [0.15, 0.2) is 6.10 Å². The molecule has 3 rings (SSSR count). The van der Waals surface area contributed by atoms with E-state index in [2.05, 4.69) is 17.1 Å². The van der Waals surface area contributed by atoms with Crippen molar-refractivity contribution in [1.29, 1.82) is 0 Å². The molecular formula is C25H24N2O3. The van der Waals surface area contributed by atoms with Crippen LogP contribution in [0.3, 0.4) is 0 Å². The average Bonchev–Trinajstić information content (AvgIpc) is 2.79. The molecule has 0 aromatic heterocycles. The van der Waals surface area contributed by atoms with Crippen LogP contribution < -0.4 is 14.9 Å². The number of hydrazone groups is 1. The standard InChI is InChI=1S/C25H24N2O3/c1-3-17-29-23-13-9-20(10-14-23)18-26-27-25(28)19(2)30-24-15-11-22(12-16-24)21-7-5-4-6-8-21/h3-16,18-19H,1,17H2,2H3,(H,27,28)/b26-18-/t19-/m1/s1. The Morgan fingerprint density at radius 2 is 1.60 bits per heavy atom. The third-order valence-electron chi connectivity index (χ3n) is 4.28. The predicted molar refractivity (Wildman–Crippen MR) is 120 cm³/mol. The van der Waals surface area contributed by atoms with E-state index in [1.54, 1.807) is 19.2 Å². The number of carbonyl (C=O) groups excluding carboxylic acids is 1. The minimum Gasteiger partial charge on any atom is -0.490 e. The number of hydrogen-bond acceptors (Lipinski definition) is 4. The van der Waals surface area contributed by atoms with Gasteiger partial charge in [0.25, 0.3) is 5.91 Å². The van der Waals surface area contributed by atoms with Crippen LogP contribution in [0.25, 0.3) is 11.1 Å². The zero-order valence-electron chi connectivity index (χ0n) is 16.8. The number of nitrogens with one attached hydrogen (secondary N) is 1. The first-order valence-electron chi connectivity index (χ1n) is 9.64. The van der Waals surface area contributed by atoms with E-state index in [4.69, 9.17) is 9.47 Å². The third kappa shape index (κ3) is 6.07. The summed E-state index contributed by atoms with van der Waals surface area (Å²) in [6.07, 6.45) is 2.57. The van der Waals surface area contributed by atoms with Gasteiger partial charge in [0, 0.05) is 0 Å². The molecule has 5 nitrogen and oxygen atoms in total. The van der Waals surface area contributed by atoms with Gasteiger partial charge < -0.3 is 9.47 Å². The lowest BCUT2D eigenvalue weighted by Crippen LogP contribution is -2.33. The van der Waals surface area contributed by atoms with E-state index in [1.165, 1.54) is 0 Å². The van der Waals surface area contributed by atoms with Gasteiger partial charge in [-0.15, -0.1) is 0 Å². The highest BCUT2D eigenvalue weighted by atomic mass is 16.5. The zero-order valence-corrected chi connectivity index (χ0v) is 16.8. The predicted octanol–water partition coefficient (Wildman–Crippen LogP) is 4.84. The second-order valence-corrected chi connectivity index (χ2v) is 6.55. The van der Waals surface area contributed by atoms with Crippen LogP contribution in [0.5, 0.6) is 11.5 Å². The van der Waals surface area contributed by atoms with E-state index in [-0.39, 0.29) is 5.91 Å². The van der Waals surface area contributed by atoms with Crippen molar-refractivity contribution in [1.82, 2.24) is 5.43 Å². The Balaban J connectivity index is 1.49. The van der Waals surface area contributed by atoms with Crippen molar-refractivity contribution in [2.75, 3.05) is 6.61 Å². The number of hydrogen-bond donors (Lipinski definition) is 1. The van der Waals surface area contributed by atoms with Crippen molar-refractivity contribution < 1.29 is 14.3 Å². The number of carbonyl (C=O) groups is 1. The fourth-order valence-electron chi connectivity index (χ4n) is 2.68. The first-order chi connectivity index (χ1) is 14.7. The molecule has 1 amide bonds. The Morgan fingerprint density at radius 1 is 0.967 bits per heavy atom. The highest BCUT2D eigenvalue weighted by molar-refractivity contribution is 5.84. The molecule has 0 fully saturated rings. The smallest absolute Gasteiger partial charge is 0.280 e. The van der Waals surface area contributed by atoms with Gasteiger partial charge in [-0.25, -0.2) is 5.43 Å². The van der Waals surface area contributed by atoms with E-state index < -0.39 is 6.10 Å². The topological polar surface area (TPSA) is 59.9 Å². The second-order valence-electron chi connectivity index (χ2n) is 6.55. The largest absolute Gasteiger partial charge is 0.490 e. The summed E-state index contributed by atoms with van der Waals surface area (Å²) >= 11 is 0. The van der Waals surface area contributed by atoms with Crippen LogP contribution in [0, 0.1) is 0 Å². The van der Waals surface area contributed by atoms with Crippen molar-refractivity contribution in [3.05, 3.63) is 97.1 Å². The van der Waals surface area contributed by atoms with Crippen LogP contribution in [0.1, 0.15) is 12.5 Å². The molecular weight excluding hydrogens is 376 g/mol. The Labute approximate surface area is 176 Å². The van der Waals surface area contributed by atoms with Crippen molar-refractivity contribution in [2.45, 2.75) is 13.0 Å². The number of rotatable bonds is 9. The van der Waals surface area contributed by atoms with E-state index in [9.17, 15) is 4.79 Å². The number of amides is 1. The molecule has 0 aliphatic rings. The van der Waals surface area contributed by atoms with Crippen molar-refractivity contribution in [2.24, 2.45) is 5.10 Å². The Bertz CT molecular complexity index is 981. The highest BCUT2D eigenvalue weighted by Crippen LogP contribution is 2.22. The summed E-state index contributed by atoms with van der Waals surface area (Å²) in [6, 6.07) is 25.1. The van der Waals surface area contributed by atoms with Crippen LogP contribution in [0.2, 0.25) is 0 Å². The van der Waals surface area contributed by atoms with Crippen molar-refractivity contribution >= 4 is 12.1 Å². The van der Waals surface area contributed by atoms with Crippen LogP contribution >= 0.6 is 0 Å². The Kier molecular flexibility index (Phi) is 7.39. The minimum absolute atomic E-state index is 0.329. The molecule has 1 atom stereocenters. The monoisotopic (exact) mass is 400 g/mol. The molecule has 1 N–H and O–H groups in total. The van der Waals surface area contributed by atoms with E-state index in [1.807, 2.05) is 78.9 Å². The quantitative estimate of drug-likeness (QED) is 0.318. The molecule has 0 bridgehead atoms. The summed E-state index contributed by atoms with van der Waals surface area (Å²) in [5.74, 6) is 1.04. The van der Waals surface area contributed by atoms with Crippen LogP contribution in [-0.4, -0.2) is 24.8 Å². The second kappa shape index (κ2) is 10.6. The molecule has 152 valence electrons. The summed E-state index contributed by atoms with van der Waals surface area (Å²) in [7, 11) is 0. The van der Waals surface area contributed by atoms with E-state index in [0.717, 1.165) is 22.4 Å². The van der Waals surface area contributed by atoms with Crippen molar-refractivity contribution in [3.8, 4) is 22.6 Å². The highest BCUT2D eigenvalue weighted by Gasteiger charge is 2.13. The molecule has 0 heterocycles. The van der Waals surface area contributed by atoms with Gasteiger partial charge in [-0.05, 0) is 60.0 Å². The molecule has 0 radical (unpaired) electrons.